The van der Waals surface area contributed by atoms with Gasteiger partial charge in [-0.25, -0.2) is 0 Å². The molecule has 0 spiro atoms. The monoisotopic (exact) mass is 197 g/mol. The van der Waals surface area contributed by atoms with Crippen LogP contribution >= 0.6 is 0 Å². The summed E-state index contributed by atoms with van der Waals surface area (Å²) in [6.07, 6.45) is -0.336. The molecule has 0 saturated heterocycles. The van der Waals surface area contributed by atoms with Gasteiger partial charge in [-0.15, -0.1) is 0 Å². The fraction of sp³-hybridized carbons (Fsp3) is 0.727. The van der Waals surface area contributed by atoms with Crippen molar-refractivity contribution in [3.05, 3.63) is 11.5 Å². The summed E-state index contributed by atoms with van der Waals surface area (Å²) in [4.78, 5) is 11.6. The third-order valence-corrected chi connectivity index (χ3v) is 2.38. The van der Waals surface area contributed by atoms with Crippen LogP contribution in [0.5, 0.6) is 0 Å². The van der Waals surface area contributed by atoms with E-state index in [0.29, 0.717) is 5.92 Å². The maximum absolute atomic E-state index is 11.6. The zero-order chi connectivity index (χ0) is 10.9. The highest BCUT2D eigenvalue weighted by atomic mass is 16.5. The van der Waals surface area contributed by atoms with E-state index in [1.54, 1.807) is 0 Å². The molecule has 0 aromatic heterocycles. The first-order chi connectivity index (χ1) is 6.43. The highest BCUT2D eigenvalue weighted by Gasteiger charge is 2.30. The molecule has 1 aliphatic rings. The van der Waals surface area contributed by atoms with Crippen LogP contribution in [-0.2, 0) is 9.53 Å². The second-order valence-corrected chi connectivity index (χ2v) is 4.40. The number of nitrogens with one attached hydrogen (secondary N) is 1. The fourth-order valence-corrected chi connectivity index (χ4v) is 1.59. The predicted molar refractivity (Wildman–Crippen MR) is 55.4 cm³/mol. The maximum Gasteiger partial charge on any atom is 0.265 e. The lowest BCUT2D eigenvalue weighted by molar-refractivity contribution is -0.134. The van der Waals surface area contributed by atoms with Crippen molar-refractivity contribution < 1.29 is 9.53 Å². The van der Waals surface area contributed by atoms with Crippen LogP contribution in [0.4, 0.5) is 0 Å². The van der Waals surface area contributed by atoms with Crippen molar-refractivity contribution >= 4 is 5.91 Å². The van der Waals surface area contributed by atoms with Crippen molar-refractivity contribution in [3.8, 4) is 0 Å². The van der Waals surface area contributed by atoms with Crippen LogP contribution in [0.2, 0.25) is 0 Å². The lowest BCUT2D eigenvalue weighted by Gasteiger charge is -2.30. The molecule has 0 radical (unpaired) electrons. The van der Waals surface area contributed by atoms with E-state index < -0.39 is 0 Å². The van der Waals surface area contributed by atoms with Gasteiger partial charge < -0.3 is 10.1 Å². The van der Waals surface area contributed by atoms with Gasteiger partial charge in [0.2, 0.25) is 0 Å². The van der Waals surface area contributed by atoms with E-state index in [-0.39, 0.29) is 17.9 Å². The first kappa shape index (κ1) is 11.1. The first-order valence-corrected chi connectivity index (χ1v) is 5.11. The summed E-state index contributed by atoms with van der Waals surface area (Å²) < 4.78 is 5.60. The van der Waals surface area contributed by atoms with E-state index in [4.69, 9.17) is 4.74 Å². The smallest absolute Gasteiger partial charge is 0.265 e. The summed E-state index contributed by atoms with van der Waals surface area (Å²) in [7, 11) is 0. The topological polar surface area (TPSA) is 38.3 Å². The lowest BCUT2D eigenvalue weighted by Crippen LogP contribution is -2.44. The Hall–Kier alpha value is -0.990. The molecule has 0 fully saturated rings. The minimum absolute atomic E-state index is 0.0192. The van der Waals surface area contributed by atoms with Gasteiger partial charge in [-0.05, 0) is 18.8 Å². The third kappa shape index (κ3) is 2.08. The van der Waals surface area contributed by atoms with Crippen LogP contribution < -0.4 is 5.32 Å². The number of rotatable bonds is 2. The van der Waals surface area contributed by atoms with Crippen LogP contribution in [-0.4, -0.2) is 12.0 Å². The molecule has 1 heterocycles. The normalized spacial score (nSPS) is 22.8. The van der Waals surface area contributed by atoms with Gasteiger partial charge in [-0.1, -0.05) is 27.7 Å². The van der Waals surface area contributed by atoms with Crippen LogP contribution in [0, 0.1) is 11.8 Å². The zero-order valence-corrected chi connectivity index (χ0v) is 9.55. The van der Waals surface area contributed by atoms with Gasteiger partial charge in [-0.3, -0.25) is 4.79 Å². The Morgan fingerprint density at radius 1 is 1.29 bits per heavy atom. The van der Waals surface area contributed by atoms with E-state index in [1.807, 2.05) is 34.6 Å². The second kappa shape index (κ2) is 4.03. The van der Waals surface area contributed by atoms with Crippen molar-refractivity contribution in [1.29, 1.82) is 0 Å². The number of amides is 1. The van der Waals surface area contributed by atoms with E-state index >= 15 is 0 Å². The van der Waals surface area contributed by atoms with Crippen molar-refractivity contribution in [3.63, 3.8) is 0 Å². The first-order valence-electron chi connectivity index (χ1n) is 5.11. The summed E-state index contributed by atoms with van der Waals surface area (Å²) in [5.74, 6) is 1.33. The molecule has 3 nitrogen and oxygen atoms in total. The molecule has 0 saturated carbocycles. The van der Waals surface area contributed by atoms with Gasteiger partial charge in [0.1, 0.15) is 5.76 Å². The number of ether oxygens (including phenoxy) is 1. The molecule has 80 valence electrons. The molecular weight excluding hydrogens is 178 g/mol. The van der Waals surface area contributed by atoms with Gasteiger partial charge in [-0.2, -0.15) is 0 Å². The Morgan fingerprint density at radius 2 is 1.86 bits per heavy atom. The average molecular weight is 197 g/mol. The molecule has 1 rings (SSSR count). The average Bonchev–Trinajstić information content (AvgIpc) is 2.07. The quantitative estimate of drug-likeness (QED) is 0.735. The summed E-state index contributed by atoms with van der Waals surface area (Å²) in [5.41, 5.74) is 0.909. The molecule has 14 heavy (non-hydrogen) atoms. The zero-order valence-electron chi connectivity index (χ0n) is 9.55. The van der Waals surface area contributed by atoms with Gasteiger partial charge in [0.05, 0.1) is 5.70 Å². The van der Waals surface area contributed by atoms with Gasteiger partial charge in [0.15, 0.2) is 6.10 Å². The molecule has 0 bridgehead atoms. The van der Waals surface area contributed by atoms with Crippen LogP contribution in [0.15, 0.2) is 11.5 Å². The number of hydrogen-bond donors (Lipinski definition) is 1. The molecule has 1 unspecified atom stereocenters. The summed E-state index contributed by atoms with van der Waals surface area (Å²) in [5, 5.41) is 2.91. The highest BCUT2D eigenvalue weighted by molar-refractivity contribution is 5.83. The molecular formula is C11H19NO2. The van der Waals surface area contributed by atoms with Crippen LogP contribution in [0.25, 0.3) is 0 Å². The van der Waals surface area contributed by atoms with Crippen LogP contribution in [0.1, 0.15) is 34.6 Å². The number of carbonyl (C=O) groups is 1. The molecule has 0 aliphatic carbocycles. The predicted octanol–water partition coefficient (Wildman–Crippen LogP) is 2.04. The second-order valence-electron chi connectivity index (χ2n) is 4.40. The van der Waals surface area contributed by atoms with Gasteiger partial charge in [0, 0.05) is 0 Å². The number of carbonyl (C=O) groups excluding carboxylic acids is 1. The maximum atomic E-state index is 11.6. The van der Waals surface area contributed by atoms with Gasteiger partial charge >= 0.3 is 0 Å². The van der Waals surface area contributed by atoms with E-state index in [9.17, 15) is 4.79 Å². The Balaban J connectivity index is 2.86. The van der Waals surface area contributed by atoms with E-state index in [1.165, 1.54) is 0 Å². The molecule has 1 atom stereocenters. The molecule has 1 N–H and O–H groups in total. The molecule has 0 aromatic carbocycles. The van der Waals surface area contributed by atoms with E-state index in [0.717, 1.165) is 11.5 Å². The van der Waals surface area contributed by atoms with E-state index in [2.05, 4.69) is 5.32 Å². The van der Waals surface area contributed by atoms with Crippen molar-refractivity contribution in [1.82, 2.24) is 5.32 Å². The summed E-state index contributed by atoms with van der Waals surface area (Å²) in [6, 6.07) is 0. The molecule has 3 heteroatoms. The number of allylic oxidation sites excluding steroid dienone is 2. The third-order valence-electron chi connectivity index (χ3n) is 2.38. The molecule has 1 amide bonds. The minimum atomic E-state index is -0.336. The Kier molecular flexibility index (Phi) is 3.19. The Morgan fingerprint density at radius 3 is 2.29 bits per heavy atom. The number of hydrogen-bond acceptors (Lipinski definition) is 2. The SMILES string of the molecule is CC1=C(C(C)C)NC(=O)C(C(C)C)O1. The Bertz CT molecular complexity index is 266. The summed E-state index contributed by atoms with van der Waals surface area (Å²) in [6.45, 7) is 9.95. The van der Waals surface area contributed by atoms with Crippen molar-refractivity contribution in [2.45, 2.75) is 40.7 Å². The van der Waals surface area contributed by atoms with Crippen molar-refractivity contribution in [2.24, 2.45) is 11.8 Å². The fourth-order valence-electron chi connectivity index (χ4n) is 1.59. The minimum Gasteiger partial charge on any atom is -0.483 e. The Labute approximate surface area is 85.5 Å². The lowest BCUT2D eigenvalue weighted by atomic mass is 10.0. The largest absolute Gasteiger partial charge is 0.483 e. The van der Waals surface area contributed by atoms with Gasteiger partial charge in [0.25, 0.3) is 5.91 Å². The van der Waals surface area contributed by atoms with Crippen molar-refractivity contribution in [2.75, 3.05) is 0 Å². The molecule has 0 aromatic rings. The molecule has 1 aliphatic heterocycles. The van der Waals surface area contributed by atoms with Crippen LogP contribution in [0.3, 0.4) is 0 Å². The standard InChI is InChI=1S/C11H19NO2/c1-6(2)9-8(5)14-10(7(3)4)11(13)12-9/h6-7,10H,1-5H3,(H,12,13). The highest BCUT2D eigenvalue weighted by Crippen LogP contribution is 2.22. The summed E-state index contributed by atoms with van der Waals surface area (Å²) >= 11 is 0.